The molecule has 0 heterocycles. The molecule has 0 aliphatic carbocycles. The van der Waals surface area contributed by atoms with Crippen LogP contribution >= 0.6 is 0 Å². The van der Waals surface area contributed by atoms with Crippen LogP contribution in [0.4, 0.5) is 4.79 Å². The van der Waals surface area contributed by atoms with Gasteiger partial charge in [0.25, 0.3) is 0 Å². The molecule has 8 nitrogen and oxygen atoms in total. The van der Waals surface area contributed by atoms with Crippen molar-refractivity contribution in [2.45, 2.75) is 13.2 Å². The predicted molar refractivity (Wildman–Crippen MR) is 105 cm³/mol. The number of amides is 1. The number of carbonyl (C=O) groups excluding carboxylic acids is 3. The van der Waals surface area contributed by atoms with Crippen molar-refractivity contribution in [1.82, 2.24) is 5.32 Å². The number of rotatable bonds is 9. The Hall–Kier alpha value is -3.52. The third kappa shape index (κ3) is 8.35. The standard InChI is InChI=1S/C21H22N2O6/c1-27-20(25)18(23-21(26)29-15-17-10-6-3-7-11-17)12-22-13-19(24)28-14-16-8-4-2-5-9-16/h2-11,22H,12-15H2,1H3. The minimum Gasteiger partial charge on any atom is -0.464 e. The molecule has 0 saturated heterocycles. The summed E-state index contributed by atoms with van der Waals surface area (Å²) in [4.78, 5) is 39.1. The maximum absolute atomic E-state index is 11.9. The van der Waals surface area contributed by atoms with Gasteiger partial charge in [-0.1, -0.05) is 60.7 Å². The van der Waals surface area contributed by atoms with Crippen molar-refractivity contribution in [3.63, 3.8) is 0 Å². The Bertz CT molecular complexity index is 837. The summed E-state index contributed by atoms with van der Waals surface area (Å²) in [5, 5.41) is 2.70. The fourth-order valence-corrected chi connectivity index (χ4v) is 2.21. The van der Waals surface area contributed by atoms with Gasteiger partial charge in [-0.05, 0) is 11.1 Å². The van der Waals surface area contributed by atoms with E-state index in [1.54, 1.807) is 12.1 Å². The number of nitrogens with one attached hydrogen (secondary N) is 1. The molecule has 1 N–H and O–H groups in total. The molecule has 0 spiro atoms. The third-order valence-corrected chi connectivity index (χ3v) is 3.66. The molecule has 0 aliphatic heterocycles. The predicted octanol–water partition coefficient (Wildman–Crippen LogP) is 2.27. The van der Waals surface area contributed by atoms with E-state index in [9.17, 15) is 14.4 Å². The van der Waals surface area contributed by atoms with Crippen LogP contribution in [0.5, 0.6) is 0 Å². The first-order valence-corrected chi connectivity index (χ1v) is 8.85. The molecule has 0 fully saturated rings. The molecule has 0 atom stereocenters. The van der Waals surface area contributed by atoms with Crippen LogP contribution in [0.15, 0.2) is 65.7 Å². The van der Waals surface area contributed by atoms with Gasteiger partial charge in [0.05, 0.1) is 13.7 Å². The first kappa shape index (κ1) is 21.8. The zero-order chi connectivity index (χ0) is 20.9. The molecule has 152 valence electrons. The first-order chi connectivity index (χ1) is 14.1. The van der Waals surface area contributed by atoms with Crippen molar-refractivity contribution in [2.24, 2.45) is 4.99 Å². The zero-order valence-corrected chi connectivity index (χ0v) is 16.0. The van der Waals surface area contributed by atoms with Crippen LogP contribution in [-0.4, -0.2) is 43.9 Å². The van der Waals surface area contributed by atoms with Crippen molar-refractivity contribution in [3.8, 4) is 0 Å². The van der Waals surface area contributed by atoms with E-state index >= 15 is 0 Å². The smallest absolute Gasteiger partial charge is 0.434 e. The fourth-order valence-electron chi connectivity index (χ4n) is 2.21. The molecule has 1 amide bonds. The molecule has 0 bridgehead atoms. The molecule has 2 rings (SSSR count). The number of esters is 2. The average molecular weight is 398 g/mol. The zero-order valence-electron chi connectivity index (χ0n) is 16.0. The summed E-state index contributed by atoms with van der Waals surface area (Å²) in [6.45, 7) is -0.155. The highest BCUT2D eigenvalue weighted by Gasteiger charge is 2.15. The largest absolute Gasteiger partial charge is 0.464 e. The van der Waals surface area contributed by atoms with Crippen LogP contribution < -0.4 is 5.32 Å². The van der Waals surface area contributed by atoms with Gasteiger partial charge in [0.2, 0.25) is 0 Å². The van der Waals surface area contributed by atoms with Crippen LogP contribution in [0.25, 0.3) is 0 Å². The third-order valence-electron chi connectivity index (χ3n) is 3.66. The van der Waals surface area contributed by atoms with Crippen LogP contribution in [0, 0.1) is 0 Å². The van der Waals surface area contributed by atoms with Gasteiger partial charge < -0.3 is 19.5 Å². The summed E-state index contributed by atoms with van der Waals surface area (Å²) in [5.41, 5.74) is 1.44. The lowest BCUT2D eigenvalue weighted by Gasteiger charge is -2.08. The fraction of sp³-hybridized carbons (Fsp3) is 0.238. The maximum atomic E-state index is 11.9. The Morgan fingerprint density at radius 2 is 1.38 bits per heavy atom. The van der Waals surface area contributed by atoms with Crippen LogP contribution in [-0.2, 0) is 37.0 Å². The summed E-state index contributed by atoms with van der Waals surface area (Å²) >= 11 is 0. The number of ether oxygens (including phenoxy) is 3. The maximum Gasteiger partial charge on any atom is 0.434 e. The second-order valence-corrected chi connectivity index (χ2v) is 5.84. The second kappa shape index (κ2) is 12.0. The Labute approximate surface area is 168 Å². The van der Waals surface area contributed by atoms with E-state index in [-0.39, 0.29) is 32.0 Å². The van der Waals surface area contributed by atoms with E-state index in [1.807, 2.05) is 48.5 Å². The molecule has 0 aromatic heterocycles. The number of benzene rings is 2. The van der Waals surface area contributed by atoms with Crippen LogP contribution in [0.2, 0.25) is 0 Å². The lowest BCUT2D eigenvalue weighted by molar-refractivity contribution is -0.143. The molecular formula is C21H22N2O6. The van der Waals surface area contributed by atoms with Crippen molar-refractivity contribution in [3.05, 3.63) is 71.8 Å². The molecule has 0 unspecified atom stereocenters. The molecule has 2 aromatic carbocycles. The van der Waals surface area contributed by atoms with Crippen LogP contribution in [0.1, 0.15) is 11.1 Å². The Balaban J connectivity index is 1.79. The Kier molecular flexibility index (Phi) is 9.04. The lowest BCUT2D eigenvalue weighted by Crippen LogP contribution is -2.34. The molecule has 8 heteroatoms. The summed E-state index contributed by atoms with van der Waals surface area (Å²) < 4.78 is 14.7. The summed E-state index contributed by atoms with van der Waals surface area (Å²) in [6.07, 6.45) is -0.928. The van der Waals surface area contributed by atoms with Gasteiger partial charge >= 0.3 is 18.0 Å². The SMILES string of the molecule is COC(=O)C(CNCC(=O)OCc1ccccc1)=NC(=O)OCc1ccccc1. The Morgan fingerprint density at radius 1 is 0.828 bits per heavy atom. The van der Waals surface area contributed by atoms with Gasteiger partial charge in [-0.2, -0.15) is 4.99 Å². The van der Waals surface area contributed by atoms with E-state index in [0.717, 1.165) is 11.1 Å². The minimum atomic E-state index is -0.928. The van der Waals surface area contributed by atoms with Gasteiger partial charge in [-0.15, -0.1) is 0 Å². The van der Waals surface area contributed by atoms with E-state index < -0.39 is 18.0 Å². The van der Waals surface area contributed by atoms with E-state index in [4.69, 9.17) is 9.47 Å². The highest BCUT2D eigenvalue weighted by atomic mass is 16.5. The first-order valence-electron chi connectivity index (χ1n) is 8.85. The van der Waals surface area contributed by atoms with Crippen molar-refractivity contribution in [1.29, 1.82) is 0 Å². The number of methoxy groups -OCH3 is 1. The number of carbonyl (C=O) groups is 3. The summed E-state index contributed by atoms with van der Waals surface area (Å²) in [6, 6.07) is 18.3. The highest BCUT2D eigenvalue weighted by Crippen LogP contribution is 2.02. The quantitative estimate of drug-likeness (QED) is 0.393. The summed E-state index contributed by atoms with van der Waals surface area (Å²) in [7, 11) is 1.17. The van der Waals surface area contributed by atoms with Crippen molar-refractivity contribution in [2.75, 3.05) is 20.2 Å². The van der Waals surface area contributed by atoms with Crippen molar-refractivity contribution < 1.29 is 28.6 Å². The number of hydrogen-bond donors (Lipinski definition) is 1. The van der Waals surface area contributed by atoms with E-state index in [0.29, 0.717) is 0 Å². The molecule has 0 aliphatic rings. The van der Waals surface area contributed by atoms with Gasteiger partial charge in [-0.3, -0.25) is 4.79 Å². The van der Waals surface area contributed by atoms with Gasteiger partial charge in [0.1, 0.15) is 18.9 Å². The van der Waals surface area contributed by atoms with Gasteiger partial charge in [0.15, 0.2) is 0 Å². The lowest BCUT2D eigenvalue weighted by atomic mass is 10.2. The van der Waals surface area contributed by atoms with Gasteiger partial charge in [0, 0.05) is 6.54 Å². The Morgan fingerprint density at radius 3 is 1.93 bits per heavy atom. The second-order valence-electron chi connectivity index (χ2n) is 5.84. The molecule has 2 aromatic rings. The average Bonchev–Trinajstić information content (AvgIpc) is 2.76. The van der Waals surface area contributed by atoms with Crippen LogP contribution in [0.3, 0.4) is 0 Å². The molecule has 29 heavy (non-hydrogen) atoms. The highest BCUT2D eigenvalue weighted by molar-refractivity contribution is 6.38. The number of nitrogens with zero attached hydrogens (tertiary/aromatic N) is 1. The van der Waals surface area contributed by atoms with Crippen molar-refractivity contribution >= 4 is 23.7 Å². The number of aliphatic imine (C=N–C) groups is 1. The monoisotopic (exact) mass is 398 g/mol. The molecule has 0 saturated carbocycles. The van der Waals surface area contributed by atoms with Gasteiger partial charge in [-0.25, -0.2) is 9.59 Å². The molecule has 0 radical (unpaired) electrons. The summed E-state index contributed by atoms with van der Waals surface area (Å²) in [5.74, 6) is -1.31. The van der Waals surface area contributed by atoms with E-state index in [1.165, 1.54) is 7.11 Å². The topological polar surface area (TPSA) is 103 Å². The molecular weight excluding hydrogens is 376 g/mol. The van der Waals surface area contributed by atoms with E-state index in [2.05, 4.69) is 15.0 Å². The minimum absolute atomic E-state index is 0.0247. The number of hydrogen-bond acceptors (Lipinski definition) is 7. The normalized spacial score (nSPS) is 10.9.